The van der Waals surface area contributed by atoms with Crippen molar-refractivity contribution in [3.8, 4) is 0 Å². The van der Waals surface area contributed by atoms with Gasteiger partial charge in [-0.05, 0) is 32.6 Å². The average Bonchev–Trinajstić information content (AvgIpc) is 2.35. The van der Waals surface area contributed by atoms with Crippen LogP contribution in [-0.2, 0) is 0 Å². The molecule has 1 rings (SSSR count). The largest absolute Gasteiger partial charge is 0.370 e. The van der Waals surface area contributed by atoms with Gasteiger partial charge in [0.05, 0.1) is 0 Å². The molecule has 0 saturated carbocycles. The monoisotopic (exact) mass is 278 g/mol. The van der Waals surface area contributed by atoms with Crippen molar-refractivity contribution in [2.75, 3.05) is 17.2 Å². The Labute approximate surface area is 123 Å². The third-order valence-corrected chi connectivity index (χ3v) is 3.21. The van der Waals surface area contributed by atoms with Gasteiger partial charge in [0.1, 0.15) is 17.5 Å². The van der Waals surface area contributed by atoms with E-state index < -0.39 is 0 Å². The van der Waals surface area contributed by atoms with E-state index in [0.29, 0.717) is 6.04 Å². The molecule has 4 nitrogen and oxygen atoms in total. The van der Waals surface area contributed by atoms with Gasteiger partial charge < -0.3 is 10.6 Å². The number of nitrogens with one attached hydrogen (secondary N) is 2. The molecule has 0 radical (unpaired) electrons. The van der Waals surface area contributed by atoms with Gasteiger partial charge in [0.15, 0.2) is 0 Å². The van der Waals surface area contributed by atoms with Crippen LogP contribution in [0.2, 0.25) is 0 Å². The summed E-state index contributed by atoms with van der Waals surface area (Å²) in [4.78, 5) is 8.86. The van der Waals surface area contributed by atoms with Crippen molar-refractivity contribution in [3.63, 3.8) is 0 Å². The summed E-state index contributed by atoms with van der Waals surface area (Å²) in [6.07, 6.45) is 4.82. The normalized spacial score (nSPS) is 12.5. The van der Waals surface area contributed by atoms with Crippen LogP contribution in [0.5, 0.6) is 0 Å². The maximum Gasteiger partial charge on any atom is 0.132 e. The molecule has 4 heteroatoms. The summed E-state index contributed by atoms with van der Waals surface area (Å²) in [5.41, 5.74) is 0. The molecule has 1 heterocycles. The second kappa shape index (κ2) is 8.77. The summed E-state index contributed by atoms with van der Waals surface area (Å²) in [6.45, 7) is 11.8. The number of aromatic nitrogens is 2. The number of aryl methyl sites for hydroxylation is 1. The van der Waals surface area contributed by atoms with E-state index in [1.165, 1.54) is 19.3 Å². The van der Waals surface area contributed by atoms with Crippen molar-refractivity contribution < 1.29 is 0 Å². The molecule has 0 aliphatic carbocycles. The van der Waals surface area contributed by atoms with Crippen molar-refractivity contribution in [3.05, 3.63) is 11.9 Å². The Bertz CT molecular complexity index is 390. The second-order valence-corrected chi connectivity index (χ2v) is 5.98. The molecule has 1 atom stereocenters. The molecule has 1 aromatic heterocycles. The van der Waals surface area contributed by atoms with Gasteiger partial charge in [0, 0.05) is 18.7 Å². The summed E-state index contributed by atoms with van der Waals surface area (Å²) in [7, 11) is 0. The molecule has 1 aromatic rings. The molecule has 0 fully saturated rings. The third kappa shape index (κ3) is 6.73. The molecule has 0 bridgehead atoms. The molecular weight excluding hydrogens is 248 g/mol. The highest BCUT2D eigenvalue weighted by molar-refractivity contribution is 5.47. The van der Waals surface area contributed by atoms with E-state index in [1.54, 1.807) is 0 Å². The second-order valence-electron chi connectivity index (χ2n) is 5.98. The van der Waals surface area contributed by atoms with Gasteiger partial charge in [0.25, 0.3) is 0 Å². The maximum atomic E-state index is 4.46. The summed E-state index contributed by atoms with van der Waals surface area (Å²) >= 11 is 0. The Morgan fingerprint density at radius 3 is 2.45 bits per heavy atom. The maximum absolute atomic E-state index is 4.46. The molecule has 0 aromatic carbocycles. The van der Waals surface area contributed by atoms with Gasteiger partial charge in [0.2, 0.25) is 0 Å². The van der Waals surface area contributed by atoms with Gasteiger partial charge >= 0.3 is 0 Å². The van der Waals surface area contributed by atoms with Crippen molar-refractivity contribution in [1.29, 1.82) is 0 Å². The van der Waals surface area contributed by atoms with E-state index in [0.717, 1.165) is 36.3 Å². The highest BCUT2D eigenvalue weighted by Crippen LogP contribution is 2.15. The van der Waals surface area contributed by atoms with E-state index in [4.69, 9.17) is 0 Å². The number of nitrogens with zero attached hydrogens (tertiary/aromatic N) is 2. The lowest BCUT2D eigenvalue weighted by Crippen LogP contribution is -2.17. The molecule has 1 unspecified atom stereocenters. The highest BCUT2D eigenvalue weighted by Gasteiger charge is 2.06. The summed E-state index contributed by atoms with van der Waals surface area (Å²) in [5, 5.41) is 6.80. The number of hydrogen-bond donors (Lipinski definition) is 2. The van der Waals surface area contributed by atoms with Crippen molar-refractivity contribution in [1.82, 2.24) is 9.97 Å². The van der Waals surface area contributed by atoms with E-state index >= 15 is 0 Å². The molecule has 2 N–H and O–H groups in total. The lowest BCUT2D eigenvalue weighted by atomic mass is 10.0. The molecule has 20 heavy (non-hydrogen) atoms. The van der Waals surface area contributed by atoms with Gasteiger partial charge in [-0.25, -0.2) is 9.97 Å². The van der Waals surface area contributed by atoms with Gasteiger partial charge in [-0.1, -0.05) is 33.6 Å². The van der Waals surface area contributed by atoms with Gasteiger partial charge in [-0.3, -0.25) is 0 Å². The zero-order chi connectivity index (χ0) is 15.0. The van der Waals surface area contributed by atoms with Crippen molar-refractivity contribution in [2.24, 2.45) is 5.92 Å². The Kier molecular flexibility index (Phi) is 7.34. The fourth-order valence-corrected chi connectivity index (χ4v) is 2.14. The Morgan fingerprint density at radius 1 is 1.10 bits per heavy atom. The first-order valence-electron chi connectivity index (χ1n) is 7.87. The summed E-state index contributed by atoms with van der Waals surface area (Å²) < 4.78 is 0. The van der Waals surface area contributed by atoms with E-state index in [9.17, 15) is 0 Å². The quantitative estimate of drug-likeness (QED) is 0.709. The van der Waals surface area contributed by atoms with E-state index in [-0.39, 0.29) is 0 Å². The molecular formula is C16H30N4. The van der Waals surface area contributed by atoms with Crippen LogP contribution in [0.25, 0.3) is 0 Å². The molecule has 0 spiro atoms. The number of hydrogen-bond acceptors (Lipinski definition) is 4. The minimum absolute atomic E-state index is 0.446. The molecule has 0 saturated heterocycles. The highest BCUT2D eigenvalue weighted by atomic mass is 15.1. The van der Waals surface area contributed by atoms with Gasteiger partial charge in [-0.15, -0.1) is 0 Å². The Morgan fingerprint density at radius 2 is 1.80 bits per heavy atom. The van der Waals surface area contributed by atoms with Crippen LogP contribution in [0.15, 0.2) is 6.07 Å². The Balaban J connectivity index is 2.51. The van der Waals surface area contributed by atoms with Crippen LogP contribution in [0, 0.1) is 12.8 Å². The summed E-state index contributed by atoms with van der Waals surface area (Å²) in [6, 6.07) is 2.45. The first kappa shape index (κ1) is 16.7. The average molecular weight is 278 g/mol. The van der Waals surface area contributed by atoms with Crippen LogP contribution in [-0.4, -0.2) is 22.6 Å². The van der Waals surface area contributed by atoms with Crippen LogP contribution >= 0.6 is 0 Å². The standard InChI is InChI=1S/C16H30N4/c1-6-10-17-15-11-16(20-14(5)19-15)18-13(4)9-7-8-12(2)3/h11-13H,6-10H2,1-5H3,(H2,17,18,19,20). The molecule has 114 valence electrons. The zero-order valence-corrected chi connectivity index (χ0v) is 13.7. The first-order valence-corrected chi connectivity index (χ1v) is 7.87. The minimum atomic E-state index is 0.446. The molecule has 0 aliphatic heterocycles. The van der Waals surface area contributed by atoms with Crippen LogP contribution in [0.4, 0.5) is 11.6 Å². The smallest absolute Gasteiger partial charge is 0.132 e. The van der Waals surface area contributed by atoms with Crippen molar-refractivity contribution in [2.45, 2.75) is 66.3 Å². The van der Waals surface area contributed by atoms with E-state index in [1.807, 2.05) is 13.0 Å². The van der Waals surface area contributed by atoms with Crippen LogP contribution in [0.3, 0.4) is 0 Å². The van der Waals surface area contributed by atoms with Gasteiger partial charge in [-0.2, -0.15) is 0 Å². The fourth-order valence-electron chi connectivity index (χ4n) is 2.14. The summed E-state index contributed by atoms with van der Waals surface area (Å²) in [5.74, 6) is 3.43. The lowest BCUT2D eigenvalue weighted by Gasteiger charge is -2.16. The fraction of sp³-hybridized carbons (Fsp3) is 0.750. The van der Waals surface area contributed by atoms with Crippen LogP contribution < -0.4 is 10.6 Å². The minimum Gasteiger partial charge on any atom is -0.370 e. The number of anilines is 2. The van der Waals surface area contributed by atoms with Crippen molar-refractivity contribution >= 4 is 11.6 Å². The van der Waals surface area contributed by atoms with E-state index in [2.05, 4.69) is 48.3 Å². The third-order valence-electron chi connectivity index (χ3n) is 3.21. The molecule has 0 amide bonds. The Hall–Kier alpha value is -1.32. The SMILES string of the molecule is CCCNc1cc(NC(C)CCCC(C)C)nc(C)n1. The topological polar surface area (TPSA) is 49.8 Å². The predicted molar refractivity (Wildman–Crippen MR) is 87.3 cm³/mol. The van der Waals surface area contributed by atoms with Crippen LogP contribution in [0.1, 0.15) is 59.2 Å². The lowest BCUT2D eigenvalue weighted by molar-refractivity contribution is 0.520. The first-order chi connectivity index (χ1) is 9.51. The predicted octanol–water partition coefficient (Wildman–Crippen LogP) is 4.23. The zero-order valence-electron chi connectivity index (χ0n) is 13.7. The molecule has 0 aliphatic rings. The number of rotatable bonds is 9.